The number of thiophene rings is 1. The molecule has 0 amide bonds. The first-order valence-corrected chi connectivity index (χ1v) is 7.63. The lowest BCUT2D eigenvalue weighted by atomic mass is 10.3. The number of ether oxygens (including phenoxy) is 1. The molecule has 0 aliphatic carbocycles. The summed E-state index contributed by atoms with van der Waals surface area (Å²) in [7, 11) is 0. The highest BCUT2D eigenvalue weighted by Crippen LogP contribution is 2.19. The third-order valence-electron chi connectivity index (χ3n) is 2.60. The number of esters is 1. The van der Waals surface area contributed by atoms with E-state index in [1.807, 2.05) is 0 Å². The Kier molecular flexibility index (Phi) is 6.67. The number of hydrogen-bond donors (Lipinski definition) is 1. The van der Waals surface area contributed by atoms with Gasteiger partial charge in [0.2, 0.25) is 0 Å². The van der Waals surface area contributed by atoms with Crippen LogP contribution in [0.15, 0.2) is 24.5 Å². The maximum atomic E-state index is 11.5. The van der Waals surface area contributed by atoms with E-state index in [-0.39, 0.29) is 12.4 Å². The zero-order chi connectivity index (χ0) is 15.1. The Morgan fingerprint density at radius 2 is 2.15 bits per heavy atom. The molecule has 0 spiro atoms. The van der Waals surface area contributed by atoms with Crippen molar-refractivity contribution in [1.29, 1.82) is 0 Å². The molecule has 0 aromatic carbocycles. The van der Waals surface area contributed by atoms with Crippen molar-refractivity contribution in [3.63, 3.8) is 0 Å². The fraction of sp³-hybridized carbons (Fsp3) is 0.429. The highest BCUT2D eigenvalue weighted by Gasteiger charge is 2.12. The highest BCUT2D eigenvalue weighted by atomic mass is 32.1. The number of aryl methyl sites for hydroxylation is 1. The standard InChI is InChI=1S/C14H20N2O2S2/c1-4-11-5-6-12(20-11)9-16(14(15)19)8-7-13(17)18-10(2)3/h5-6H,2,4,7-9H2,1,3H3,(H2,15,19). The maximum absolute atomic E-state index is 11.5. The number of carbonyl (C=O) groups is 1. The van der Waals surface area contributed by atoms with Crippen LogP contribution in [0.3, 0.4) is 0 Å². The minimum absolute atomic E-state index is 0.232. The van der Waals surface area contributed by atoms with E-state index in [2.05, 4.69) is 25.6 Å². The fourth-order valence-corrected chi connectivity index (χ4v) is 2.75. The maximum Gasteiger partial charge on any atom is 0.312 e. The zero-order valence-corrected chi connectivity index (χ0v) is 13.5. The van der Waals surface area contributed by atoms with Crippen molar-refractivity contribution in [2.45, 2.75) is 33.2 Å². The molecule has 0 saturated carbocycles. The second kappa shape index (κ2) is 8.01. The van der Waals surface area contributed by atoms with Gasteiger partial charge in [0.15, 0.2) is 5.11 Å². The summed E-state index contributed by atoms with van der Waals surface area (Å²) in [4.78, 5) is 15.8. The number of hydrogen-bond acceptors (Lipinski definition) is 4. The van der Waals surface area contributed by atoms with Gasteiger partial charge >= 0.3 is 5.97 Å². The number of nitrogens with zero attached hydrogens (tertiary/aromatic N) is 1. The molecule has 0 unspecified atom stereocenters. The molecule has 0 fully saturated rings. The predicted octanol–water partition coefficient (Wildman–Crippen LogP) is 2.82. The van der Waals surface area contributed by atoms with Gasteiger partial charge in [0, 0.05) is 16.3 Å². The molecule has 0 saturated heterocycles. The normalized spacial score (nSPS) is 10.1. The smallest absolute Gasteiger partial charge is 0.312 e. The predicted molar refractivity (Wildman–Crippen MR) is 86.4 cm³/mol. The van der Waals surface area contributed by atoms with Gasteiger partial charge in [0.1, 0.15) is 0 Å². The van der Waals surface area contributed by atoms with Gasteiger partial charge in [0.25, 0.3) is 0 Å². The number of thiocarbonyl (C=S) groups is 1. The minimum Gasteiger partial charge on any atom is -0.432 e. The van der Waals surface area contributed by atoms with E-state index >= 15 is 0 Å². The van der Waals surface area contributed by atoms with Crippen LogP contribution in [-0.2, 0) is 22.5 Å². The van der Waals surface area contributed by atoms with Crippen LogP contribution in [0.1, 0.15) is 30.0 Å². The van der Waals surface area contributed by atoms with Gasteiger partial charge in [-0.2, -0.15) is 0 Å². The topological polar surface area (TPSA) is 55.6 Å². The highest BCUT2D eigenvalue weighted by molar-refractivity contribution is 7.80. The van der Waals surface area contributed by atoms with Gasteiger partial charge in [-0.25, -0.2) is 0 Å². The number of carbonyl (C=O) groups excluding carboxylic acids is 1. The van der Waals surface area contributed by atoms with Crippen LogP contribution in [-0.4, -0.2) is 22.5 Å². The first-order valence-electron chi connectivity index (χ1n) is 6.40. The Morgan fingerprint density at radius 1 is 1.50 bits per heavy atom. The quantitative estimate of drug-likeness (QED) is 0.477. The van der Waals surface area contributed by atoms with E-state index in [1.54, 1.807) is 23.2 Å². The molecule has 0 aliphatic rings. The van der Waals surface area contributed by atoms with Crippen LogP contribution in [0.25, 0.3) is 0 Å². The van der Waals surface area contributed by atoms with Crippen LogP contribution in [0.4, 0.5) is 0 Å². The SMILES string of the molecule is C=C(C)OC(=O)CCN(Cc1ccc(CC)s1)C(N)=S. The monoisotopic (exact) mass is 312 g/mol. The summed E-state index contributed by atoms with van der Waals surface area (Å²) in [5, 5.41) is 0.291. The van der Waals surface area contributed by atoms with E-state index in [9.17, 15) is 4.79 Å². The van der Waals surface area contributed by atoms with E-state index in [0.717, 1.165) is 6.42 Å². The van der Waals surface area contributed by atoms with Gasteiger partial charge in [0.05, 0.1) is 18.7 Å². The summed E-state index contributed by atoms with van der Waals surface area (Å²) < 4.78 is 4.91. The molecular weight excluding hydrogens is 292 g/mol. The van der Waals surface area contributed by atoms with Gasteiger partial charge in [-0.05, 0) is 37.7 Å². The summed E-state index contributed by atoms with van der Waals surface area (Å²) >= 11 is 6.77. The summed E-state index contributed by atoms with van der Waals surface area (Å²) in [5.41, 5.74) is 5.70. The molecule has 20 heavy (non-hydrogen) atoms. The first-order chi connectivity index (χ1) is 9.42. The number of allylic oxidation sites excluding steroid dienone is 1. The van der Waals surface area contributed by atoms with Gasteiger partial charge in [-0.1, -0.05) is 13.5 Å². The van der Waals surface area contributed by atoms with Crippen molar-refractivity contribution in [2.24, 2.45) is 5.73 Å². The van der Waals surface area contributed by atoms with Crippen LogP contribution in [0.5, 0.6) is 0 Å². The Bertz CT molecular complexity index is 497. The Balaban J connectivity index is 2.54. The van der Waals surface area contributed by atoms with Crippen LogP contribution < -0.4 is 5.73 Å². The molecule has 6 heteroatoms. The molecule has 110 valence electrons. The Hall–Kier alpha value is -1.40. The Morgan fingerprint density at radius 3 is 2.65 bits per heavy atom. The van der Waals surface area contributed by atoms with Crippen LogP contribution in [0.2, 0.25) is 0 Å². The zero-order valence-electron chi connectivity index (χ0n) is 11.8. The molecule has 1 aromatic heterocycles. The van der Waals surface area contributed by atoms with Crippen molar-refractivity contribution in [1.82, 2.24) is 4.90 Å². The van der Waals surface area contributed by atoms with Crippen molar-refractivity contribution in [3.05, 3.63) is 34.2 Å². The molecular formula is C14H20N2O2S2. The van der Waals surface area contributed by atoms with Crippen molar-refractivity contribution < 1.29 is 9.53 Å². The number of rotatable bonds is 7. The third-order valence-corrected chi connectivity index (χ3v) is 4.07. The molecule has 1 rings (SSSR count). The second-order valence-corrected chi connectivity index (χ2v) is 6.08. The third kappa shape index (κ3) is 5.71. The van der Waals surface area contributed by atoms with Crippen molar-refractivity contribution in [3.8, 4) is 0 Å². The molecule has 1 heterocycles. The lowest BCUT2D eigenvalue weighted by Gasteiger charge is -2.21. The first kappa shape index (κ1) is 16.7. The molecule has 4 nitrogen and oxygen atoms in total. The Labute approximate surface area is 129 Å². The van der Waals surface area contributed by atoms with Crippen molar-refractivity contribution in [2.75, 3.05) is 6.54 Å². The summed E-state index contributed by atoms with van der Waals surface area (Å²) in [6, 6.07) is 4.17. The van der Waals surface area contributed by atoms with Gasteiger partial charge in [-0.15, -0.1) is 11.3 Å². The lowest BCUT2D eigenvalue weighted by Crippen LogP contribution is -2.36. The molecule has 0 aliphatic heterocycles. The molecule has 2 N–H and O–H groups in total. The summed E-state index contributed by atoms with van der Waals surface area (Å²) in [6.07, 6.45) is 1.25. The van der Waals surface area contributed by atoms with E-state index in [1.165, 1.54) is 9.75 Å². The summed E-state index contributed by atoms with van der Waals surface area (Å²) in [5.74, 6) is 0.0712. The van der Waals surface area contributed by atoms with Crippen molar-refractivity contribution >= 4 is 34.6 Å². The van der Waals surface area contributed by atoms with Crippen LogP contribution >= 0.6 is 23.6 Å². The van der Waals surface area contributed by atoms with Gasteiger partial charge in [-0.3, -0.25) is 4.79 Å². The molecule has 1 aromatic rings. The van der Waals surface area contributed by atoms with E-state index in [0.29, 0.717) is 24.0 Å². The lowest BCUT2D eigenvalue weighted by molar-refractivity contribution is -0.139. The van der Waals surface area contributed by atoms with Crippen LogP contribution in [0, 0.1) is 0 Å². The largest absolute Gasteiger partial charge is 0.432 e. The van der Waals surface area contributed by atoms with E-state index < -0.39 is 0 Å². The molecule has 0 atom stereocenters. The summed E-state index contributed by atoms with van der Waals surface area (Å²) in [6.45, 7) is 8.36. The fourth-order valence-electron chi connectivity index (χ4n) is 1.62. The average Bonchev–Trinajstić information content (AvgIpc) is 2.80. The van der Waals surface area contributed by atoms with Gasteiger partial charge < -0.3 is 15.4 Å². The second-order valence-electron chi connectivity index (χ2n) is 4.41. The number of nitrogens with two attached hydrogens (primary N) is 1. The molecule has 0 radical (unpaired) electrons. The molecule has 0 bridgehead atoms. The van der Waals surface area contributed by atoms with E-state index in [4.69, 9.17) is 22.7 Å². The minimum atomic E-state index is -0.320. The average molecular weight is 312 g/mol.